The molecule has 5 heteroatoms. The van der Waals surface area contributed by atoms with Crippen LogP contribution in [0.5, 0.6) is 0 Å². The fourth-order valence-corrected chi connectivity index (χ4v) is 3.80. The molecule has 5 rings (SSSR count). The maximum Gasteiger partial charge on any atom is 0.295 e. The van der Waals surface area contributed by atoms with Crippen LogP contribution >= 0.6 is 0 Å². The van der Waals surface area contributed by atoms with Crippen LogP contribution in [-0.2, 0) is 0 Å². The highest BCUT2D eigenvalue weighted by molar-refractivity contribution is 6.03. The molecule has 0 aliphatic rings. The second-order valence-corrected chi connectivity index (χ2v) is 7.84. The smallest absolute Gasteiger partial charge is 0.295 e. The zero-order chi connectivity index (χ0) is 22.1. The Labute approximate surface area is 186 Å². The Balaban J connectivity index is 1.55. The topological polar surface area (TPSA) is 59.8 Å². The fraction of sp³-hybridized carbons (Fsp3) is 0.0741. The minimum Gasteiger partial charge on any atom is -0.319 e. The summed E-state index contributed by atoms with van der Waals surface area (Å²) < 4.78 is 1.75. The second-order valence-electron chi connectivity index (χ2n) is 7.84. The quantitative estimate of drug-likeness (QED) is 0.392. The summed E-state index contributed by atoms with van der Waals surface area (Å²) in [5.41, 5.74) is 4.67. The van der Waals surface area contributed by atoms with E-state index in [4.69, 9.17) is 0 Å². The number of fused-ring (bicyclic) bond motifs is 1. The van der Waals surface area contributed by atoms with Gasteiger partial charge in [0.25, 0.3) is 5.91 Å². The van der Waals surface area contributed by atoms with Crippen LogP contribution in [0.25, 0.3) is 27.8 Å². The number of nitrogens with one attached hydrogen (secondary N) is 1. The molecular weight excluding hydrogens is 396 g/mol. The molecule has 0 fully saturated rings. The van der Waals surface area contributed by atoms with Crippen molar-refractivity contribution in [2.75, 3.05) is 5.32 Å². The second kappa shape index (κ2) is 8.12. The predicted octanol–water partition coefficient (Wildman–Crippen LogP) is 5.96. The highest BCUT2D eigenvalue weighted by atomic mass is 16.2. The van der Waals surface area contributed by atoms with E-state index >= 15 is 0 Å². The van der Waals surface area contributed by atoms with E-state index in [-0.39, 0.29) is 11.7 Å². The third kappa shape index (κ3) is 3.76. The fourth-order valence-electron chi connectivity index (χ4n) is 3.80. The number of aromatic nitrogens is 3. The van der Waals surface area contributed by atoms with Crippen molar-refractivity contribution in [1.29, 1.82) is 0 Å². The van der Waals surface area contributed by atoms with Gasteiger partial charge in [-0.15, -0.1) is 5.10 Å². The van der Waals surface area contributed by atoms with Gasteiger partial charge in [-0.2, -0.15) is 0 Å². The van der Waals surface area contributed by atoms with Gasteiger partial charge < -0.3 is 5.32 Å². The Hall–Kier alpha value is -4.25. The third-order valence-corrected chi connectivity index (χ3v) is 5.44. The first kappa shape index (κ1) is 19.7. The van der Waals surface area contributed by atoms with Crippen molar-refractivity contribution in [3.63, 3.8) is 0 Å². The molecule has 5 nitrogen and oxygen atoms in total. The van der Waals surface area contributed by atoms with Crippen molar-refractivity contribution in [3.8, 4) is 17.1 Å². The maximum absolute atomic E-state index is 13.1. The van der Waals surface area contributed by atoms with Crippen molar-refractivity contribution in [2.45, 2.75) is 13.8 Å². The van der Waals surface area contributed by atoms with E-state index in [1.54, 1.807) is 4.68 Å². The van der Waals surface area contributed by atoms with Gasteiger partial charge in [0.15, 0.2) is 5.82 Å². The standard InChI is InChI=1S/C27H22N4O/c1-18-8-7-12-22(16-18)26-29-25(30-31(26)24-13-6-3-9-19(24)2)27(32)28-23-15-14-20-10-4-5-11-21(20)17-23/h3-17H,1-2H3,(H,28,32). The van der Waals surface area contributed by atoms with Crippen molar-refractivity contribution in [3.05, 3.63) is 108 Å². The Kier molecular flexibility index (Phi) is 5.00. The molecule has 1 heterocycles. The van der Waals surface area contributed by atoms with E-state index in [1.165, 1.54) is 0 Å². The molecule has 0 spiro atoms. The van der Waals surface area contributed by atoms with E-state index in [0.29, 0.717) is 11.5 Å². The summed E-state index contributed by atoms with van der Waals surface area (Å²) in [6, 6.07) is 29.8. The lowest BCUT2D eigenvalue weighted by Crippen LogP contribution is -2.14. The summed E-state index contributed by atoms with van der Waals surface area (Å²) in [4.78, 5) is 17.7. The van der Waals surface area contributed by atoms with Crippen LogP contribution in [0.1, 0.15) is 21.7 Å². The summed E-state index contributed by atoms with van der Waals surface area (Å²) >= 11 is 0. The van der Waals surface area contributed by atoms with Gasteiger partial charge in [0, 0.05) is 11.3 Å². The van der Waals surface area contributed by atoms with Gasteiger partial charge in [0.2, 0.25) is 5.82 Å². The number of anilines is 1. The Morgan fingerprint density at radius 3 is 2.41 bits per heavy atom. The Morgan fingerprint density at radius 1 is 0.812 bits per heavy atom. The number of benzene rings is 4. The van der Waals surface area contributed by atoms with Crippen LogP contribution < -0.4 is 5.32 Å². The molecule has 156 valence electrons. The number of rotatable bonds is 4. The lowest BCUT2D eigenvalue weighted by molar-refractivity contribution is 0.101. The highest BCUT2D eigenvalue weighted by Crippen LogP contribution is 2.25. The molecule has 0 unspecified atom stereocenters. The van der Waals surface area contributed by atoms with E-state index in [0.717, 1.165) is 33.2 Å². The zero-order valence-corrected chi connectivity index (χ0v) is 17.9. The molecule has 0 aliphatic carbocycles. The summed E-state index contributed by atoms with van der Waals surface area (Å²) in [7, 11) is 0. The summed E-state index contributed by atoms with van der Waals surface area (Å²) in [6.07, 6.45) is 0. The van der Waals surface area contributed by atoms with E-state index in [9.17, 15) is 4.79 Å². The van der Waals surface area contributed by atoms with Gasteiger partial charge in [-0.25, -0.2) is 9.67 Å². The normalized spacial score (nSPS) is 10.9. The van der Waals surface area contributed by atoms with Crippen molar-refractivity contribution < 1.29 is 4.79 Å². The van der Waals surface area contributed by atoms with Gasteiger partial charge in [0.05, 0.1) is 5.69 Å². The first-order valence-electron chi connectivity index (χ1n) is 10.5. The molecule has 0 aliphatic heterocycles. The average Bonchev–Trinajstić information content (AvgIpc) is 3.25. The molecule has 0 radical (unpaired) electrons. The number of carbonyl (C=O) groups is 1. The molecule has 5 aromatic rings. The summed E-state index contributed by atoms with van der Waals surface area (Å²) in [5.74, 6) is 0.408. The van der Waals surface area contributed by atoms with E-state index in [2.05, 4.69) is 15.4 Å². The molecule has 0 saturated carbocycles. The number of nitrogens with zero attached hydrogens (tertiary/aromatic N) is 3. The average molecular weight is 419 g/mol. The number of para-hydroxylation sites is 1. The van der Waals surface area contributed by atoms with Gasteiger partial charge in [-0.1, -0.05) is 72.3 Å². The largest absolute Gasteiger partial charge is 0.319 e. The molecular formula is C27H22N4O. The van der Waals surface area contributed by atoms with Gasteiger partial charge in [0.1, 0.15) is 0 Å². The molecule has 32 heavy (non-hydrogen) atoms. The monoisotopic (exact) mass is 418 g/mol. The van der Waals surface area contributed by atoms with Crippen molar-refractivity contribution in [1.82, 2.24) is 14.8 Å². The van der Waals surface area contributed by atoms with Gasteiger partial charge >= 0.3 is 0 Å². The SMILES string of the molecule is Cc1cccc(-c2nc(C(=O)Nc3ccc4ccccc4c3)nn2-c2ccccc2C)c1. The van der Waals surface area contributed by atoms with Gasteiger partial charge in [-0.3, -0.25) is 4.79 Å². The first-order valence-corrected chi connectivity index (χ1v) is 10.5. The molecule has 0 bridgehead atoms. The van der Waals surface area contributed by atoms with Crippen molar-refractivity contribution in [2.24, 2.45) is 0 Å². The molecule has 0 atom stereocenters. The highest BCUT2D eigenvalue weighted by Gasteiger charge is 2.20. The number of hydrogen-bond donors (Lipinski definition) is 1. The zero-order valence-electron chi connectivity index (χ0n) is 17.9. The van der Waals surface area contributed by atoms with Crippen molar-refractivity contribution >= 4 is 22.4 Å². The Morgan fingerprint density at radius 2 is 1.59 bits per heavy atom. The number of amides is 1. The van der Waals surface area contributed by atoms with E-state index in [1.807, 2.05) is 105 Å². The lowest BCUT2D eigenvalue weighted by Gasteiger charge is -2.09. The minimum absolute atomic E-state index is 0.123. The minimum atomic E-state index is -0.346. The number of aryl methyl sites for hydroxylation is 2. The first-order chi connectivity index (χ1) is 15.6. The third-order valence-electron chi connectivity index (χ3n) is 5.44. The maximum atomic E-state index is 13.1. The molecule has 0 saturated heterocycles. The Bertz CT molecular complexity index is 1450. The summed E-state index contributed by atoms with van der Waals surface area (Å²) in [5, 5.41) is 9.72. The van der Waals surface area contributed by atoms with Crippen LogP contribution in [0.15, 0.2) is 91.0 Å². The van der Waals surface area contributed by atoms with Crippen LogP contribution in [0.4, 0.5) is 5.69 Å². The predicted molar refractivity (Wildman–Crippen MR) is 128 cm³/mol. The summed E-state index contributed by atoms with van der Waals surface area (Å²) in [6.45, 7) is 4.05. The van der Waals surface area contributed by atoms with Crippen LogP contribution in [-0.4, -0.2) is 20.7 Å². The number of hydrogen-bond acceptors (Lipinski definition) is 3. The molecule has 1 aromatic heterocycles. The molecule has 1 amide bonds. The van der Waals surface area contributed by atoms with Crippen LogP contribution in [0.3, 0.4) is 0 Å². The lowest BCUT2D eigenvalue weighted by atomic mass is 10.1. The van der Waals surface area contributed by atoms with Crippen LogP contribution in [0.2, 0.25) is 0 Å². The number of carbonyl (C=O) groups excluding carboxylic acids is 1. The van der Waals surface area contributed by atoms with Gasteiger partial charge in [-0.05, 0) is 54.4 Å². The van der Waals surface area contributed by atoms with E-state index < -0.39 is 0 Å². The molecule has 1 N–H and O–H groups in total. The molecule has 4 aromatic carbocycles. The van der Waals surface area contributed by atoms with Crippen LogP contribution in [0, 0.1) is 13.8 Å².